The lowest BCUT2D eigenvalue weighted by molar-refractivity contribution is -0.218. The summed E-state index contributed by atoms with van der Waals surface area (Å²) in [6.07, 6.45) is -2.70. The molecule has 0 saturated carbocycles. The average molecular weight is 936 g/mol. The van der Waals surface area contributed by atoms with Crippen LogP contribution in [-0.2, 0) is 48.1 Å². The molecule has 0 unspecified atom stereocenters. The van der Waals surface area contributed by atoms with Gasteiger partial charge < -0.3 is 34.5 Å². The first kappa shape index (κ1) is 49.1. The molecule has 23 nitrogen and oxygen atoms in total. The number of rotatable bonds is 15. The van der Waals surface area contributed by atoms with Gasteiger partial charge in [-0.1, -0.05) is 0 Å². The van der Waals surface area contributed by atoms with Crippen LogP contribution in [0.3, 0.4) is 0 Å². The van der Waals surface area contributed by atoms with Gasteiger partial charge in [-0.05, 0) is 106 Å². The van der Waals surface area contributed by atoms with Gasteiger partial charge in [0.2, 0.25) is 6.10 Å². The number of anilines is 2. The third-order valence-corrected chi connectivity index (χ3v) is 9.76. The van der Waals surface area contributed by atoms with Gasteiger partial charge in [0.25, 0.3) is 11.8 Å². The fraction of sp³-hybridized carbons (Fsp3) is 0.538. The molecule has 2 aromatic heterocycles. The number of thiazole rings is 1. The number of esters is 1. The second-order valence-corrected chi connectivity index (χ2v) is 20.0. The summed E-state index contributed by atoms with van der Waals surface area (Å²) in [6, 6.07) is 7.30. The first-order chi connectivity index (χ1) is 29.5. The number of carbonyl (C=O) groups excluding carboxylic acids is 5. The lowest BCUT2D eigenvalue weighted by Gasteiger charge is -2.50. The van der Waals surface area contributed by atoms with E-state index in [1.165, 1.54) is 19.2 Å². The molecule has 5 N–H and O–H groups in total. The summed E-state index contributed by atoms with van der Waals surface area (Å²) in [5.74, 6) is -1.96. The molecule has 0 bridgehead atoms. The Balaban J connectivity index is 1.30. The molecule has 4 amide bonds. The van der Waals surface area contributed by atoms with Crippen molar-refractivity contribution in [2.45, 2.75) is 117 Å². The maximum Gasteiger partial charge on any atom is 0.418 e. The Morgan fingerprint density at radius 1 is 0.953 bits per heavy atom. The van der Waals surface area contributed by atoms with Crippen molar-refractivity contribution in [3.63, 3.8) is 0 Å². The Morgan fingerprint density at radius 3 is 2.22 bits per heavy atom. The Kier molecular flexibility index (Phi) is 14.3. The number of nitrogens with zero attached hydrogens (tertiary/aromatic N) is 5. The summed E-state index contributed by atoms with van der Waals surface area (Å²) >= 11 is 0.901. The van der Waals surface area contributed by atoms with E-state index in [1.54, 1.807) is 70.7 Å². The Morgan fingerprint density at radius 2 is 1.61 bits per heavy atom. The summed E-state index contributed by atoms with van der Waals surface area (Å²) in [5.41, 5.74) is -1.63. The van der Waals surface area contributed by atoms with Crippen molar-refractivity contribution in [3.8, 4) is 5.75 Å². The van der Waals surface area contributed by atoms with E-state index in [0.717, 1.165) is 11.3 Å². The highest BCUT2D eigenvalue weighted by molar-refractivity contribution is 7.80. The number of hydrogen-bond acceptors (Lipinski definition) is 19. The van der Waals surface area contributed by atoms with E-state index in [1.807, 2.05) is 26.8 Å². The van der Waals surface area contributed by atoms with E-state index in [4.69, 9.17) is 28.3 Å². The summed E-state index contributed by atoms with van der Waals surface area (Å²) in [7, 11) is -5.08. The molecule has 4 heterocycles. The Bertz CT molecular complexity index is 2400. The summed E-state index contributed by atoms with van der Waals surface area (Å²) < 4.78 is 58.3. The lowest BCUT2D eigenvalue weighted by atomic mass is 9.84. The number of likely N-dealkylation sites (tertiary alicyclic amines) is 1. The second-order valence-electron chi connectivity index (χ2n) is 18.1. The number of carbonyl (C=O) groups is 5. The number of β-lactam (4-membered cyclic amide) rings is 1. The van der Waals surface area contributed by atoms with Gasteiger partial charge in [-0.2, -0.15) is 19.1 Å². The number of fused-ring (bicyclic) bond motifs is 1. The topological polar surface area (TPSA) is 288 Å². The molecule has 25 heteroatoms. The molecule has 0 radical (unpaired) electrons. The van der Waals surface area contributed by atoms with E-state index in [0.29, 0.717) is 40.6 Å². The van der Waals surface area contributed by atoms with Crippen LogP contribution in [0.4, 0.5) is 20.5 Å². The van der Waals surface area contributed by atoms with E-state index >= 15 is 0 Å². The fourth-order valence-electron chi connectivity index (χ4n) is 5.83. The monoisotopic (exact) mass is 935 g/mol. The van der Waals surface area contributed by atoms with Crippen LogP contribution in [0.2, 0.25) is 0 Å². The SMILES string of the molecule is CC(C)(C)OC(=O)Nc1nc(/C(=N/NO[C@@H](COc2ccc3nc(NC4CN(C(=O)OC(C)(C)C)C4)ccc3c2)C(=O)OC(C)(C)C)C(=O)N[C@@H]2C(=O)N(OS(=O)(=O)O)C2(C)C)cs1. The molecule has 2 aliphatic rings. The molecule has 2 fully saturated rings. The normalized spacial score (nSPS) is 17.4. The minimum absolute atomic E-state index is 0.00143. The largest absolute Gasteiger partial charge is 0.490 e. The van der Waals surface area contributed by atoms with Gasteiger partial charge in [0.15, 0.2) is 10.8 Å². The third-order valence-electron chi connectivity index (χ3n) is 8.66. The highest BCUT2D eigenvalue weighted by atomic mass is 32.3. The van der Waals surface area contributed by atoms with Crippen molar-refractivity contribution in [1.82, 2.24) is 30.8 Å². The maximum atomic E-state index is 13.8. The minimum Gasteiger partial charge on any atom is -0.490 e. The number of pyridine rings is 1. The number of nitrogens with one attached hydrogen (secondary N) is 4. The van der Waals surface area contributed by atoms with Crippen LogP contribution in [0.15, 0.2) is 40.8 Å². The third kappa shape index (κ3) is 13.6. The number of benzene rings is 1. The quantitative estimate of drug-likeness (QED) is 0.0360. The predicted octanol–water partition coefficient (Wildman–Crippen LogP) is 3.92. The second kappa shape index (κ2) is 18.7. The first-order valence-corrected chi connectivity index (χ1v) is 22.0. The minimum atomic E-state index is -5.08. The van der Waals surface area contributed by atoms with Gasteiger partial charge in [-0.25, -0.2) is 29.2 Å². The molecule has 5 rings (SSSR count). The zero-order chi connectivity index (χ0) is 47.6. The van der Waals surface area contributed by atoms with Crippen molar-refractivity contribution in [3.05, 3.63) is 41.4 Å². The molecular formula is C39H53N9O14S2. The summed E-state index contributed by atoms with van der Waals surface area (Å²) in [6.45, 7) is 18.6. The fourth-order valence-corrected chi connectivity index (χ4v) is 6.96. The van der Waals surface area contributed by atoms with Crippen molar-refractivity contribution >= 4 is 79.3 Å². The first-order valence-electron chi connectivity index (χ1n) is 19.7. The van der Waals surface area contributed by atoms with Crippen molar-refractivity contribution in [2.75, 3.05) is 30.3 Å². The highest BCUT2D eigenvalue weighted by Crippen LogP contribution is 2.33. The average Bonchev–Trinajstić information content (AvgIpc) is 3.58. The molecular weight excluding hydrogens is 883 g/mol. The Hall–Kier alpha value is -5.89. The van der Waals surface area contributed by atoms with Crippen LogP contribution in [0, 0.1) is 0 Å². The van der Waals surface area contributed by atoms with Gasteiger partial charge in [-0.3, -0.25) is 19.5 Å². The van der Waals surface area contributed by atoms with E-state index in [-0.39, 0.29) is 23.0 Å². The number of ether oxygens (including phenoxy) is 4. The number of hydrogen-bond donors (Lipinski definition) is 5. The predicted molar refractivity (Wildman–Crippen MR) is 230 cm³/mol. The van der Waals surface area contributed by atoms with E-state index in [9.17, 15) is 32.4 Å². The number of hydrazone groups is 1. The molecule has 350 valence electrons. The molecule has 1 aromatic carbocycles. The maximum absolute atomic E-state index is 13.8. The van der Waals surface area contributed by atoms with Crippen LogP contribution in [-0.4, -0.2) is 129 Å². The van der Waals surface area contributed by atoms with Crippen molar-refractivity contribution in [1.29, 1.82) is 0 Å². The molecule has 3 aromatic rings. The molecule has 0 aliphatic carbocycles. The van der Waals surface area contributed by atoms with E-state index < -0.39 is 81.1 Å². The zero-order valence-electron chi connectivity index (χ0n) is 37.1. The van der Waals surface area contributed by atoms with Gasteiger partial charge >= 0.3 is 28.6 Å². The van der Waals surface area contributed by atoms with Crippen LogP contribution >= 0.6 is 11.3 Å². The number of aromatic nitrogens is 2. The molecule has 2 atom stereocenters. The number of amides is 4. The van der Waals surface area contributed by atoms with Crippen LogP contribution in [0.5, 0.6) is 5.75 Å². The number of hydroxylamine groups is 2. The highest BCUT2D eigenvalue weighted by Gasteiger charge is 2.58. The molecule has 2 aliphatic heterocycles. The Labute approximate surface area is 373 Å². The summed E-state index contributed by atoms with van der Waals surface area (Å²) in [5, 5.41) is 14.7. The van der Waals surface area contributed by atoms with Crippen LogP contribution in [0.25, 0.3) is 10.9 Å². The van der Waals surface area contributed by atoms with Crippen molar-refractivity contribution in [2.24, 2.45) is 5.10 Å². The molecule has 64 heavy (non-hydrogen) atoms. The van der Waals surface area contributed by atoms with E-state index in [2.05, 4.69) is 40.9 Å². The smallest absolute Gasteiger partial charge is 0.418 e. The van der Waals surface area contributed by atoms with Crippen LogP contribution < -0.4 is 26.3 Å². The lowest BCUT2D eigenvalue weighted by Crippen LogP contribution is -2.76. The van der Waals surface area contributed by atoms with Gasteiger partial charge in [-0.15, -0.1) is 20.7 Å². The molecule has 0 spiro atoms. The molecule has 2 saturated heterocycles. The zero-order valence-corrected chi connectivity index (χ0v) is 38.8. The van der Waals surface area contributed by atoms with Gasteiger partial charge in [0.05, 0.1) is 17.1 Å². The van der Waals surface area contributed by atoms with Gasteiger partial charge in [0.1, 0.15) is 46.7 Å². The van der Waals surface area contributed by atoms with Crippen molar-refractivity contribution < 1.29 is 65.0 Å². The standard InChI is InChI=1S/C39H53N9O14S2/c1-36(2,3)58-32(51)26(19-57-23-13-14-24-21(16-23)12-15-27(41-24)40-22-17-47(18-22)35(53)60-38(7,8)9)61-46-45-28(25-20-63-33(42-25)44-34(52)59-37(4,5)6)30(49)43-29-31(50)48(39(29,10)11)62-64(54,55)56/h12-16,20,22,26,29,46H,17-19H2,1-11H3,(H,40,41)(H,43,49)(H,42,44,52)(H,54,55,56)/b45-28-/t26-,29+/m0/s1. The van der Waals surface area contributed by atoms with Crippen LogP contribution in [0.1, 0.15) is 81.9 Å². The van der Waals surface area contributed by atoms with Gasteiger partial charge in [0, 0.05) is 23.9 Å². The summed E-state index contributed by atoms with van der Waals surface area (Å²) in [4.78, 5) is 80.8.